The number of aliphatic hydroxyl groups is 3. The van der Waals surface area contributed by atoms with E-state index in [1.54, 1.807) is 35.2 Å². The van der Waals surface area contributed by atoms with Crippen LogP contribution >= 0.6 is 0 Å². The van der Waals surface area contributed by atoms with E-state index < -0.39 is 31.4 Å². The standard InChI is InChI=1S/C20H13N3O7S.C6H15NO3.Cr.H2O/c24-16-8-5-11-3-1-2-4-13(11)19(16)21-22-20-14-7-6-12(23(26)27)9-15(14)18(10-17(20)25)31(28,29)30;8-4-1-7(2-5-9)3-6-10;;/h1-10,24-25H,(H,28,29,30);8-10H,1-6H2;;1H2/p+1. The molecule has 17 heteroatoms. The molecule has 232 valence electrons. The largest absolute Gasteiger partial charge is 1.00 e. The zero-order valence-electron chi connectivity index (χ0n) is 23.4. The normalized spacial score (nSPS) is 11.2. The first-order chi connectivity index (χ1) is 19.5. The van der Waals surface area contributed by atoms with Gasteiger partial charge in [-0.05, 0) is 17.5 Å². The van der Waals surface area contributed by atoms with Crippen LogP contribution in [0.15, 0.2) is 75.8 Å². The molecule has 15 nitrogen and oxygen atoms in total. The van der Waals surface area contributed by atoms with Gasteiger partial charge in [-0.3, -0.25) is 19.6 Å². The number of benzene rings is 4. The maximum absolute atomic E-state index is 11.7. The van der Waals surface area contributed by atoms with Crippen molar-refractivity contribution in [3.05, 3.63) is 70.8 Å². The van der Waals surface area contributed by atoms with Crippen LogP contribution in [0, 0.1) is 10.1 Å². The Morgan fingerprint density at radius 3 is 1.88 bits per heavy atom. The van der Waals surface area contributed by atoms with Crippen LogP contribution in [-0.2, 0) is 27.5 Å². The van der Waals surface area contributed by atoms with Gasteiger partial charge in [-0.15, -0.1) is 10.2 Å². The predicted octanol–water partition coefficient (Wildman–Crippen LogP) is 2.53. The van der Waals surface area contributed by atoms with E-state index in [-0.39, 0.29) is 72.0 Å². The van der Waals surface area contributed by atoms with Crippen molar-refractivity contribution >= 4 is 48.7 Å². The molecule has 0 aliphatic rings. The Hall–Kier alpha value is -3.76. The van der Waals surface area contributed by atoms with Crippen molar-refractivity contribution in [1.82, 2.24) is 4.90 Å². The number of hydrogen-bond acceptors (Lipinski definition) is 12. The molecule has 0 unspecified atom stereocenters. The molecule has 0 bridgehead atoms. The minimum absolute atomic E-state index is 0. The van der Waals surface area contributed by atoms with Crippen LogP contribution in [0.1, 0.15) is 1.43 Å². The Kier molecular flexibility index (Phi) is 14.5. The third kappa shape index (κ3) is 9.36. The maximum Gasteiger partial charge on any atom is 1.00 e. The minimum atomic E-state index is -4.81. The van der Waals surface area contributed by atoms with Gasteiger partial charge in [0.25, 0.3) is 15.8 Å². The summed E-state index contributed by atoms with van der Waals surface area (Å²) >= 11 is 0. The summed E-state index contributed by atoms with van der Waals surface area (Å²) in [4.78, 5) is 11.5. The molecule has 0 aromatic heterocycles. The number of phenols is 2. The molecule has 4 aromatic rings. The van der Waals surface area contributed by atoms with Gasteiger partial charge in [0.05, 0.1) is 24.7 Å². The van der Waals surface area contributed by atoms with Gasteiger partial charge >= 0.3 is 1.43 Å². The van der Waals surface area contributed by atoms with E-state index in [9.17, 15) is 33.3 Å². The van der Waals surface area contributed by atoms with Crippen molar-refractivity contribution in [2.75, 3.05) is 39.5 Å². The number of azo groups is 1. The molecule has 0 radical (unpaired) electrons. The van der Waals surface area contributed by atoms with Gasteiger partial charge in [0.2, 0.25) is 0 Å². The van der Waals surface area contributed by atoms with Crippen molar-refractivity contribution in [2.45, 2.75) is 4.90 Å². The molecule has 0 heterocycles. The summed E-state index contributed by atoms with van der Waals surface area (Å²) in [5.41, 5.74) is -0.492. The summed E-state index contributed by atoms with van der Waals surface area (Å²) in [6.45, 7) is 1.75. The third-order valence-corrected chi connectivity index (χ3v) is 6.79. The van der Waals surface area contributed by atoms with E-state index >= 15 is 0 Å². The molecular weight excluding hydrogens is 628 g/mol. The summed E-state index contributed by atoms with van der Waals surface area (Å²) in [6, 6.07) is 14.2. The van der Waals surface area contributed by atoms with Gasteiger partial charge in [-0.2, -0.15) is 8.42 Å². The van der Waals surface area contributed by atoms with Crippen LogP contribution in [0.3, 0.4) is 0 Å². The number of phenolic OH excluding ortho intramolecular Hbond substituents is 2. The number of nitro benzene ring substituents is 1. The first-order valence-corrected chi connectivity index (χ1v) is 13.5. The quantitative estimate of drug-likeness (QED) is 0.0624. The van der Waals surface area contributed by atoms with Crippen molar-refractivity contribution in [2.24, 2.45) is 10.2 Å². The van der Waals surface area contributed by atoms with Gasteiger partial charge in [0.1, 0.15) is 27.8 Å². The molecule has 0 saturated heterocycles. The summed E-state index contributed by atoms with van der Waals surface area (Å²) in [6.07, 6.45) is 0. The summed E-state index contributed by atoms with van der Waals surface area (Å²) < 4.78 is 33.0. The zero-order chi connectivity index (χ0) is 30.2. The Balaban J connectivity index is 0.00000124. The molecule has 8 N–H and O–H groups in total. The van der Waals surface area contributed by atoms with E-state index in [1.807, 2.05) is 0 Å². The summed E-state index contributed by atoms with van der Waals surface area (Å²) in [7, 11) is -4.81. The molecule has 0 aliphatic heterocycles. The average Bonchev–Trinajstić information content (AvgIpc) is 2.93. The Morgan fingerprint density at radius 2 is 1.35 bits per heavy atom. The fraction of sp³-hybridized carbons (Fsp3) is 0.231. The predicted molar refractivity (Wildman–Crippen MR) is 154 cm³/mol. The first kappa shape index (κ1) is 37.3. The number of aliphatic hydroxyl groups excluding tert-OH is 3. The number of non-ortho nitro benzene ring substituents is 1. The topological polar surface area (TPSA) is 258 Å². The molecule has 0 fully saturated rings. The SMILES string of the molecule is O.O=[N+]([O-])c1ccc2c(N=Nc3c(O)ccc4ccccc34)c(O)cc(S(=O)(=O)O)c2c1.OCCN(CCO)CCO.[Cr].[H+]. The van der Waals surface area contributed by atoms with Crippen LogP contribution in [0.25, 0.3) is 21.5 Å². The van der Waals surface area contributed by atoms with Crippen LogP contribution in [0.4, 0.5) is 17.1 Å². The number of rotatable bonds is 10. The second kappa shape index (κ2) is 16.8. The molecule has 43 heavy (non-hydrogen) atoms. The minimum Gasteiger partial charge on any atom is -0.506 e. The summed E-state index contributed by atoms with van der Waals surface area (Å²) in [5, 5.41) is 66.3. The second-order valence-corrected chi connectivity index (χ2v) is 9.96. The van der Waals surface area contributed by atoms with Gasteiger partial charge in [0, 0.05) is 71.4 Å². The fourth-order valence-electron chi connectivity index (χ4n) is 3.99. The number of hydrogen-bond donors (Lipinski definition) is 6. The second-order valence-electron chi connectivity index (χ2n) is 8.57. The van der Waals surface area contributed by atoms with Crippen LogP contribution in [0.5, 0.6) is 11.5 Å². The van der Waals surface area contributed by atoms with Crippen molar-refractivity contribution in [3.8, 4) is 11.5 Å². The van der Waals surface area contributed by atoms with Gasteiger partial charge in [-0.25, -0.2) is 0 Å². The molecule has 4 rings (SSSR count). The van der Waals surface area contributed by atoms with E-state index in [4.69, 9.17) is 15.3 Å². The van der Waals surface area contributed by atoms with Crippen molar-refractivity contribution in [1.29, 1.82) is 0 Å². The Morgan fingerprint density at radius 1 is 0.791 bits per heavy atom. The third-order valence-electron chi connectivity index (χ3n) is 5.90. The Bertz CT molecular complexity index is 1680. The summed E-state index contributed by atoms with van der Waals surface area (Å²) in [5.74, 6) is -0.797. The molecule has 0 atom stereocenters. The smallest absolute Gasteiger partial charge is 0.506 e. The zero-order valence-corrected chi connectivity index (χ0v) is 24.5. The van der Waals surface area contributed by atoms with Crippen LogP contribution in [0.2, 0.25) is 0 Å². The Labute approximate surface area is 257 Å². The maximum atomic E-state index is 11.7. The van der Waals surface area contributed by atoms with E-state index in [0.29, 0.717) is 25.0 Å². The fourth-order valence-corrected chi connectivity index (χ4v) is 4.70. The molecule has 0 spiro atoms. The molecule has 4 aromatic carbocycles. The first-order valence-electron chi connectivity index (χ1n) is 12.1. The number of fused-ring (bicyclic) bond motifs is 2. The van der Waals surface area contributed by atoms with Crippen LogP contribution in [-0.4, -0.2) is 93.3 Å². The number of nitrogens with zero attached hydrogens (tertiary/aromatic N) is 4. The van der Waals surface area contributed by atoms with Gasteiger partial charge in [-0.1, -0.05) is 30.3 Å². The molecular formula is C26H31CrN4O11S+. The van der Waals surface area contributed by atoms with Gasteiger partial charge in [0.15, 0.2) is 0 Å². The van der Waals surface area contributed by atoms with E-state index in [2.05, 4.69) is 10.2 Å². The monoisotopic (exact) mass is 659 g/mol. The average molecular weight is 660 g/mol. The molecule has 0 aliphatic carbocycles. The molecule has 0 amide bonds. The number of aromatic hydroxyl groups is 2. The van der Waals surface area contributed by atoms with Crippen LogP contribution < -0.4 is 0 Å². The van der Waals surface area contributed by atoms with Gasteiger partial charge < -0.3 is 31.0 Å². The van der Waals surface area contributed by atoms with Crippen molar-refractivity contribution < 1.29 is 67.7 Å². The van der Waals surface area contributed by atoms with Crippen molar-refractivity contribution in [3.63, 3.8) is 0 Å². The number of nitro groups is 1. The van der Waals surface area contributed by atoms with E-state index in [0.717, 1.165) is 23.6 Å². The molecule has 0 saturated carbocycles. The van der Waals surface area contributed by atoms with E-state index in [1.165, 1.54) is 12.1 Å².